The lowest BCUT2D eigenvalue weighted by atomic mass is 10.1. The molecule has 1 amide bonds. The molecule has 7 heteroatoms. The van der Waals surface area contributed by atoms with Gasteiger partial charge in [0, 0.05) is 6.42 Å². The van der Waals surface area contributed by atoms with Gasteiger partial charge in [0.15, 0.2) is 0 Å². The zero-order valence-corrected chi connectivity index (χ0v) is 11.9. The maximum Gasteiger partial charge on any atom is 0.238 e. The zero-order chi connectivity index (χ0) is 15.3. The Morgan fingerprint density at radius 2 is 1.95 bits per heavy atom. The summed E-state index contributed by atoms with van der Waals surface area (Å²) in [5.41, 5.74) is 6.32. The first-order valence-corrected chi connectivity index (χ1v) is 7.42. The van der Waals surface area contributed by atoms with Gasteiger partial charge >= 0.3 is 0 Å². The predicted molar refractivity (Wildman–Crippen MR) is 75.8 cm³/mol. The molecule has 0 aliphatic rings. The molecular formula is C13H17N3O3S. The van der Waals surface area contributed by atoms with Gasteiger partial charge in [0.05, 0.1) is 17.0 Å². The highest BCUT2D eigenvalue weighted by Gasteiger charge is 2.16. The van der Waals surface area contributed by atoms with Gasteiger partial charge in [-0.15, -0.1) is 12.3 Å². The van der Waals surface area contributed by atoms with Crippen molar-refractivity contribution in [1.82, 2.24) is 5.32 Å². The number of nitrogens with one attached hydrogen (secondary N) is 1. The number of carbonyl (C=O) groups is 1. The molecule has 0 bridgehead atoms. The van der Waals surface area contributed by atoms with E-state index in [0.717, 1.165) is 5.56 Å². The molecule has 2 unspecified atom stereocenters. The van der Waals surface area contributed by atoms with Crippen LogP contribution in [0, 0.1) is 12.3 Å². The molecule has 5 N–H and O–H groups in total. The van der Waals surface area contributed by atoms with Crippen molar-refractivity contribution in [3.8, 4) is 12.3 Å². The van der Waals surface area contributed by atoms with Crippen molar-refractivity contribution >= 4 is 15.9 Å². The molecule has 2 atom stereocenters. The van der Waals surface area contributed by atoms with E-state index in [1.54, 1.807) is 19.1 Å². The molecule has 0 saturated heterocycles. The van der Waals surface area contributed by atoms with Crippen LogP contribution in [-0.2, 0) is 14.8 Å². The van der Waals surface area contributed by atoms with Crippen LogP contribution in [0.25, 0.3) is 0 Å². The van der Waals surface area contributed by atoms with E-state index in [-0.39, 0.29) is 23.3 Å². The van der Waals surface area contributed by atoms with Gasteiger partial charge in [-0.05, 0) is 24.6 Å². The second kappa shape index (κ2) is 6.52. The first kappa shape index (κ1) is 16.2. The summed E-state index contributed by atoms with van der Waals surface area (Å²) in [6, 6.07) is 4.85. The molecule has 0 radical (unpaired) electrons. The normalized spacial score (nSPS) is 14.1. The molecule has 6 nitrogen and oxygen atoms in total. The Labute approximate surface area is 118 Å². The molecule has 0 aromatic heterocycles. The van der Waals surface area contributed by atoms with Crippen molar-refractivity contribution in [2.24, 2.45) is 10.9 Å². The molecule has 0 spiro atoms. The number of primary sulfonamides is 1. The molecule has 1 rings (SSSR count). The smallest absolute Gasteiger partial charge is 0.238 e. The molecule has 0 heterocycles. The molecule has 0 aliphatic heterocycles. The van der Waals surface area contributed by atoms with E-state index in [1.807, 2.05) is 0 Å². The molecular weight excluding hydrogens is 278 g/mol. The van der Waals surface area contributed by atoms with Gasteiger partial charge in [-0.1, -0.05) is 12.1 Å². The minimum atomic E-state index is -3.72. The maximum absolute atomic E-state index is 11.7. The van der Waals surface area contributed by atoms with E-state index in [1.165, 1.54) is 12.1 Å². The predicted octanol–water partition coefficient (Wildman–Crippen LogP) is -0.138. The fourth-order valence-corrected chi connectivity index (χ4v) is 2.09. The number of rotatable bonds is 5. The number of nitrogens with two attached hydrogens (primary N) is 2. The van der Waals surface area contributed by atoms with E-state index in [9.17, 15) is 13.2 Å². The van der Waals surface area contributed by atoms with E-state index in [2.05, 4.69) is 11.2 Å². The lowest BCUT2D eigenvalue weighted by Gasteiger charge is -2.17. The minimum Gasteiger partial charge on any atom is -0.348 e. The van der Waals surface area contributed by atoms with E-state index in [0.29, 0.717) is 0 Å². The monoisotopic (exact) mass is 295 g/mol. The van der Waals surface area contributed by atoms with Crippen LogP contribution < -0.4 is 16.2 Å². The number of hydrogen-bond donors (Lipinski definition) is 3. The third-order valence-corrected chi connectivity index (χ3v) is 3.67. The summed E-state index contributed by atoms with van der Waals surface area (Å²) in [6.07, 6.45) is 5.24. The van der Waals surface area contributed by atoms with E-state index in [4.69, 9.17) is 17.3 Å². The van der Waals surface area contributed by atoms with Gasteiger partial charge < -0.3 is 11.1 Å². The summed E-state index contributed by atoms with van der Waals surface area (Å²) < 4.78 is 22.3. The van der Waals surface area contributed by atoms with Crippen molar-refractivity contribution in [1.29, 1.82) is 0 Å². The Morgan fingerprint density at radius 3 is 2.40 bits per heavy atom. The van der Waals surface area contributed by atoms with Crippen molar-refractivity contribution in [3.63, 3.8) is 0 Å². The average Bonchev–Trinajstić information content (AvgIpc) is 2.38. The van der Waals surface area contributed by atoms with Crippen LogP contribution >= 0.6 is 0 Å². The minimum absolute atomic E-state index is 0.0174. The first-order valence-electron chi connectivity index (χ1n) is 5.88. The van der Waals surface area contributed by atoms with Crippen LogP contribution in [0.15, 0.2) is 29.2 Å². The number of amides is 1. The third-order valence-electron chi connectivity index (χ3n) is 2.74. The van der Waals surface area contributed by atoms with Crippen LogP contribution in [0.2, 0.25) is 0 Å². The van der Waals surface area contributed by atoms with E-state index < -0.39 is 16.1 Å². The van der Waals surface area contributed by atoms with Crippen molar-refractivity contribution in [3.05, 3.63) is 29.8 Å². The topological polar surface area (TPSA) is 115 Å². The highest BCUT2D eigenvalue weighted by atomic mass is 32.2. The van der Waals surface area contributed by atoms with Crippen molar-refractivity contribution < 1.29 is 13.2 Å². The molecule has 1 aromatic rings. The number of sulfonamides is 1. The Balaban J connectivity index is 2.76. The number of terminal acetylenes is 1. The largest absolute Gasteiger partial charge is 0.348 e. The molecule has 1 aromatic carbocycles. The highest BCUT2D eigenvalue weighted by Crippen LogP contribution is 2.15. The Bertz CT molecular complexity index is 617. The highest BCUT2D eigenvalue weighted by molar-refractivity contribution is 7.89. The van der Waals surface area contributed by atoms with Crippen LogP contribution in [0.1, 0.15) is 24.9 Å². The standard InChI is InChI=1S/C13H17N3O3S/c1-3-4-12(14)13(17)16-9(2)10-5-7-11(8-6-10)20(15,18)19/h1,5-9,12H,4,14H2,2H3,(H,16,17)(H2,15,18,19). The average molecular weight is 295 g/mol. The summed E-state index contributed by atoms with van der Waals surface area (Å²) in [5, 5.41) is 7.70. The molecule has 0 saturated carbocycles. The summed E-state index contributed by atoms with van der Waals surface area (Å²) >= 11 is 0. The second-order valence-electron chi connectivity index (χ2n) is 4.36. The lowest BCUT2D eigenvalue weighted by Crippen LogP contribution is -2.41. The van der Waals surface area contributed by atoms with Crippen LogP contribution in [0.5, 0.6) is 0 Å². The Hall–Kier alpha value is -1.88. The fraction of sp³-hybridized carbons (Fsp3) is 0.308. The Morgan fingerprint density at radius 1 is 1.40 bits per heavy atom. The maximum atomic E-state index is 11.7. The lowest BCUT2D eigenvalue weighted by molar-refractivity contribution is -0.122. The third kappa shape index (κ3) is 4.35. The van der Waals surface area contributed by atoms with Crippen LogP contribution in [-0.4, -0.2) is 20.4 Å². The summed E-state index contributed by atoms with van der Waals surface area (Å²) in [7, 11) is -3.72. The van der Waals surface area contributed by atoms with Crippen LogP contribution in [0.3, 0.4) is 0 Å². The van der Waals surface area contributed by atoms with Gasteiger partial charge in [-0.3, -0.25) is 4.79 Å². The van der Waals surface area contributed by atoms with Gasteiger partial charge in [-0.2, -0.15) is 0 Å². The van der Waals surface area contributed by atoms with Crippen LogP contribution in [0.4, 0.5) is 0 Å². The molecule has 0 fully saturated rings. The number of benzene rings is 1. The second-order valence-corrected chi connectivity index (χ2v) is 5.92. The molecule has 108 valence electrons. The Kier molecular flexibility index (Phi) is 5.27. The van der Waals surface area contributed by atoms with Gasteiger partial charge in [0.1, 0.15) is 0 Å². The summed E-state index contributed by atoms with van der Waals surface area (Å²) in [5.74, 6) is 1.96. The van der Waals surface area contributed by atoms with E-state index >= 15 is 0 Å². The first-order chi connectivity index (χ1) is 9.25. The van der Waals surface area contributed by atoms with Crippen molar-refractivity contribution in [2.75, 3.05) is 0 Å². The quantitative estimate of drug-likeness (QED) is 0.656. The molecule has 0 aliphatic carbocycles. The number of carbonyl (C=O) groups excluding carboxylic acids is 1. The fourth-order valence-electron chi connectivity index (χ4n) is 1.57. The van der Waals surface area contributed by atoms with Gasteiger partial charge in [0.2, 0.25) is 15.9 Å². The molecule has 20 heavy (non-hydrogen) atoms. The van der Waals surface area contributed by atoms with Gasteiger partial charge in [0.25, 0.3) is 0 Å². The summed E-state index contributed by atoms with van der Waals surface area (Å²) in [4.78, 5) is 11.7. The SMILES string of the molecule is C#CCC(N)C(=O)NC(C)c1ccc(S(N)(=O)=O)cc1. The summed E-state index contributed by atoms with van der Waals surface area (Å²) in [6.45, 7) is 1.76. The van der Waals surface area contributed by atoms with Crippen molar-refractivity contribution in [2.45, 2.75) is 30.3 Å². The number of hydrogen-bond acceptors (Lipinski definition) is 4. The zero-order valence-electron chi connectivity index (χ0n) is 11.0. The van der Waals surface area contributed by atoms with Gasteiger partial charge in [-0.25, -0.2) is 13.6 Å².